The number of amides is 1. The van der Waals surface area contributed by atoms with Gasteiger partial charge >= 0.3 is 6.09 Å². The average molecular weight is 161 g/mol. The molecule has 0 aromatic heterocycles. The van der Waals surface area contributed by atoms with Gasteiger partial charge < -0.3 is 15.2 Å². The Kier molecular flexibility index (Phi) is 5.56. The summed E-state index contributed by atoms with van der Waals surface area (Å²) < 4.78 is 9.58. The van der Waals surface area contributed by atoms with Crippen molar-refractivity contribution < 1.29 is 14.3 Å². The average Bonchev–Trinajstić information content (AvgIpc) is 1.86. The predicted molar refractivity (Wildman–Crippen MR) is 41.0 cm³/mol. The summed E-state index contributed by atoms with van der Waals surface area (Å²) in [6, 6.07) is 0. The maximum Gasteiger partial charge on any atom is 0.406 e. The van der Waals surface area contributed by atoms with Crippen molar-refractivity contribution in [2.75, 3.05) is 6.61 Å². The van der Waals surface area contributed by atoms with Gasteiger partial charge in [0.2, 0.25) is 6.29 Å². The molecule has 1 atom stereocenters. The number of carbonyl (C=O) groups is 1. The van der Waals surface area contributed by atoms with Crippen LogP contribution in [0.1, 0.15) is 26.7 Å². The van der Waals surface area contributed by atoms with Gasteiger partial charge in [-0.3, -0.25) is 0 Å². The van der Waals surface area contributed by atoms with Crippen molar-refractivity contribution in [3.63, 3.8) is 0 Å². The van der Waals surface area contributed by atoms with Gasteiger partial charge in [0.1, 0.15) is 0 Å². The van der Waals surface area contributed by atoms with Crippen LogP contribution in [0.2, 0.25) is 0 Å². The third-order valence-corrected chi connectivity index (χ3v) is 1.13. The summed E-state index contributed by atoms with van der Waals surface area (Å²) in [4.78, 5) is 10.2. The largest absolute Gasteiger partial charge is 0.420 e. The molecule has 11 heavy (non-hydrogen) atoms. The van der Waals surface area contributed by atoms with Crippen LogP contribution in [-0.4, -0.2) is 19.0 Å². The molecule has 0 aliphatic rings. The van der Waals surface area contributed by atoms with Gasteiger partial charge in [-0.1, -0.05) is 13.3 Å². The minimum atomic E-state index is -0.797. The van der Waals surface area contributed by atoms with E-state index in [1.807, 2.05) is 0 Å². The summed E-state index contributed by atoms with van der Waals surface area (Å²) in [5.74, 6) is 0. The molecular weight excluding hydrogens is 146 g/mol. The molecule has 0 saturated heterocycles. The van der Waals surface area contributed by atoms with Gasteiger partial charge in [-0.05, 0) is 13.3 Å². The number of rotatable bonds is 5. The van der Waals surface area contributed by atoms with Gasteiger partial charge in [0.25, 0.3) is 0 Å². The first-order valence-electron chi connectivity index (χ1n) is 3.74. The van der Waals surface area contributed by atoms with Crippen molar-refractivity contribution in [3.8, 4) is 0 Å². The zero-order chi connectivity index (χ0) is 8.69. The van der Waals surface area contributed by atoms with Gasteiger partial charge in [0.15, 0.2) is 0 Å². The standard InChI is InChI=1S/C7H15NO3/c1-3-4-5-10-6(2)11-7(8)9/h6H,3-5H2,1-2H3,(H2,8,9). The highest BCUT2D eigenvalue weighted by Crippen LogP contribution is 1.95. The number of nitrogens with two attached hydrogens (primary N) is 1. The van der Waals surface area contributed by atoms with Crippen molar-refractivity contribution in [1.29, 1.82) is 0 Å². The lowest BCUT2D eigenvalue weighted by Crippen LogP contribution is -2.22. The second-order valence-electron chi connectivity index (χ2n) is 2.23. The second-order valence-corrected chi connectivity index (χ2v) is 2.23. The molecule has 0 aromatic carbocycles. The Morgan fingerprint density at radius 3 is 2.73 bits per heavy atom. The molecule has 4 nitrogen and oxygen atoms in total. The number of unbranched alkanes of at least 4 members (excludes halogenated alkanes) is 1. The topological polar surface area (TPSA) is 61.6 Å². The van der Waals surface area contributed by atoms with Crippen LogP contribution in [-0.2, 0) is 9.47 Å². The zero-order valence-electron chi connectivity index (χ0n) is 7.00. The van der Waals surface area contributed by atoms with Gasteiger partial charge in [-0.2, -0.15) is 0 Å². The monoisotopic (exact) mass is 161 g/mol. The minimum absolute atomic E-state index is 0.529. The Balaban J connectivity index is 3.22. The summed E-state index contributed by atoms with van der Waals surface area (Å²) in [5.41, 5.74) is 4.76. The zero-order valence-corrected chi connectivity index (χ0v) is 7.00. The van der Waals surface area contributed by atoms with Crippen LogP contribution in [0.3, 0.4) is 0 Å². The van der Waals surface area contributed by atoms with E-state index in [2.05, 4.69) is 11.7 Å². The van der Waals surface area contributed by atoms with E-state index in [0.717, 1.165) is 12.8 Å². The summed E-state index contributed by atoms with van der Waals surface area (Å²) in [5, 5.41) is 0. The fourth-order valence-corrected chi connectivity index (χ4v) is 0.591. The number of primary amides is 1. The highest BCUT2D eigenvalue weighted by molar-refractivity contribution is 5.64. The first-order valence-corrected chi connectivity index (χ1v) is 3.74. The normalized spacial score (nSPS) is 12.5. The molecule has 66 valence electrons. The van der Waals surface area contributed by atoms with Crippen LogP contribution >= 0.6 is 0 Å². The molecule has 0 rings (SSSR count). The van der Waals surface area contributed by atoms with Crippen molar-refractivity contribution in [3.05, 3.63) is 0 Å². The molecule has 0 aliphatic carbocycles. The van der Waals surface area contributed by atoms with E-state index in [1.165, 1.54) is 0 Å². The number of hydrogen-bond acceptors (Lipinski definition) is 3. The Morgan fingerprint density at radius 2 is 2.27 bits per heavy atom. The fraction of sp³-hybridized carbons (Fsp3) is 0.857. The highest BCUT2D eigenvalue weighted by atomic mass is 16.7. The molecule has 0 bridgehead atoms. The van der Waals surface area contributed by atoms with Gasteiger partial charge in [0.05, 0.1) is 6.61 Å². The van der Waals surface area contributed by atoms with E-state index < -0.39 is 12.4 Å². The lowest BCUT2D eigenvalue weighted by atomic mass is 10.4. The SMILES string of the molecule is CCCCOC(C)OC(N)=O. The summed E-state index contributed by atoms with van der Waals surface area (Å²) >= 11 is 0. The van der Waals surface area contributed by atoms with Gasteiger partial charge in [-0.25, -0.2) is 4.79 Å². The Hall–Kier alpha value is -0.770. The lowest BCUT2D eigenvalue weighted by Gasteiger charge is -2.11. The second kappa shape index (κ2) is 5.97. The maximum absolute atomic E-state index is 10.2. The van der Waals surface area contributed by atoms with Crippen LogP contribution in [0.15, 0.2) is 0 Å². The molecule has 0 radical (unpaired) electrons. The lowest BCUT2D eigenvalue weighted by molar-refractivity contribution is -0.0892. The van der Waals surface area contributed by atoms with E-state index >= 15 is 0 Å². The van der Waals surface area contributed by atoms with E-state index in [9.17, 15) is 4.79 Å². The maximum atomic E-state index is 10.2. The van der Waals surface area contributed by atoms with E-state index in [4.69, 9.17) is 10.5 Å². The predicted octanol–water partition coefficient (Wildman–Crippen LogP) is 1.24. The quantitative estimate of drug-likeness (QED) is 0.487. The molecule has 0 spiro atoms. The molecule has 1 amide bonds. The molecule has 0 fully saturated rings. The molecule has 1 unspecified atom stereocenters. The molecule has 2 N–H and O–H groups in total. The number of hydrogen-bond donors (Lipinski definition) is 1. The molecular formula is C7H15NO3. The molecule has 4 heteroatoms. The van der Waals surface area contributed by atoms with E-state index in [-0.39, 0.29) is 0 Å². The van der Waals surface area contributed by atoms with Gasteiger partial charge in [0, 0.05) is 0 Å². The number of carbonyl (C=O) groups excluding carboxylic acids is 1. The molecule has 0 saturated carbocycles. The first kappa shape index (κ1) is 10.2. The molecule has 0 heterocycles. The third-order valence-electron chi connectivity index (χ3n) is 1.13. The Labute approximate surface area is 66.7 Å². The molecule has 0 aliphatic heterocycles. The third kappa shape index (κ3) is 7.12. The van der Waals surface area contributed by atoms with E-state index in [1.54, 1.807) is 6.92 Å². The van der Waals surface area contributed by atoms with Crippen molar-refractivity contribution in [2.24, 2.45) is 5.73 Å². The van der Waals surface area contributed by atoms with Crippen LogP contribution < -0.4 is 5.73 Å². The Bertz CT molecular complexity index is 116. The fourth-order valence-electron chi connectivity index (χ4n) is 0.591. The van der Waals surface area contributed by atoms with Crippen LogP contribution in [0.5, 0.6) is 0 Å². The van der Waals surface area contributed by atoms with E-state index in [0.29, 0.717) is 6.61 Å². The van der Waals surface area contributed by atoms with Crippen LogP contribution in [0, 0.1) is 0 Å². The highest BCUT2D eigenvalue weighted by Gasteiger charge is 2.03. The first-order chi connectivity index (χ1) is 5.16. The Morgan fingerprint density at radius 1 is 1.64 bits per heavy atom. The van der Waals surface area contributed by atoms with Crippen molar-refractivity contribution >= 4 is 6.09 Å². The van der Waals surface area contributed by atoms with Gasteiger partial charge in [-0.15, -0.1) is 0 Å². The smallest absolute Gasteiger partial charge is 0.406 e. The summed E-state index contributed by atoms with van der Waals surface area (Å²) in [7, 11) is 0. The van der Waals surface area contributed by atoms with Crippen LogP contribution in [0.25, 0.3) is 0 Å². The van der Waals surface area contributed by atoms with Crippen molar-refractivity contribution in [2.45, 2.75) is 33.0 Å². The molecule has 0 aromatic rings. The number of ether oxygens (including phenoxy) is 2. The van der Waals surface area contributed by atoms with Crippen molar-refractivity contribution in [1.82, 2.24) is 0 Å². The summed E-state index contributed by atoms with van der Waals surface area (Å²) in [6.07, 6.45) is 0.698. The summed E-state index contributed by atoms with van der Waals surface area (Å²) in [6.45, 7) is 4.30. The van der Waals surface area contributed by atoms with Crippen LogP contribution in [0.4, 0.5) is 4.79 Å². The minimum Gasteiger partial charge on any atom is -0.420 e.